The number of esters is 1. The van der Waals surface area contributed by atoms with E-state index in [1.807, 2.05) is 6.07 Å². The molecular weight excluding hydrogens is 934 g/mol. The van der Waals surface area contributed by atoms with Crippen molar-refractivity contribution in [3.63, 3.8) is 0 Å². The lowest BCUT2D eigenvalue weighted by atomic mass is 10.0. The number of amides is 5. The summed E-state index contributed by atoms with van der Waals surface area (Å²) in [6.07, 6.45) is -2.97. The predicted octanol–water partition coefficient (Wildman–Crippen LogP) is 8.57. The summed E-state index contributed by atoms with van der Waals surface area (Å²) in [5, 5.41) is 2.85. The number of ether oxygens (including phenoxy) is 4. The Kier molecular flexibility index (Phi) is 16.8. The van der Waals surface area contributed by atoms with E-state index in [1.165, 1.54) is 47.7 Å². The van der Waals surface area contributed by atoms with Crippen molar-refractivity contribution in [3.8, 4) is 0 Å². The van der Waals surface area contributed by atoms with Gasteiger partial charge >= 0.3 is 24.2 Å². The molecule has 4 aromatic rings. The van der Waals surface area contributed by atoms with Gasteiger partial charge in [-0.15, -0.1) is 11.3 Å². The number of carbonyl (C=O) groups excluding carboxylic acids is 6. The van der Waals surface area contributed by atoms with E-state index in [0.29, 0.717) is 23.4 Å². The SMILES string of the molecule is CCOC(=O)Cc1cc2c(s1)CCN(C(=O)[C@H](Cc1ccc(NS(=O)(=O)c3ccc(F)cc3)cc1)NC(=O)c1ccc(C(=NC(=O)OC(C)(C)C)N(C(=O)OC(C)(C)C)C(=O)OC(C)(C)C)cc1)C2. The molecule has 1 atom stereocenters. The first kappa shape index (κ1) is 53.3. The van der Waals surface area contributed by atoms with Gasteiger partial charge in [0, 0.05) is 46.1 Å². The summed E-state index contributed by atoms with van der Waals surface area (Å²) in [7, 11) is -4.06. The maximum atomic E-state index is 14.5. The number of nitrogens with zero attached hydrogens (tertiary/aromatic N) is 3. The van der Waals surface area contributed by atoms with Crippen LogP contribution in [0.15, 0.2) is 88.8 Å². The Bertz CT molecular complexity index is 2650. The number of nitrogens with one attached hydrogen (secondary N) is 2. The topological polar surface area (TPSA) is 216 Å². The molecule has 20 heteroatoms. The van der Waals surface area contributed by atoms with Crippen LogP contribution in [0.25, 0.3) is 0 Å². The number of amidine groups is 1. The van der Waals surface area contributed by atoms with Crippen molar-refractivity contribution in [2.75, 3.05) is 17.9 Å². The second-order valence-electron chi connectivity index (χ2n) is 18.9. The molecule has 69 heavy (non-hydrogen) atoms. The molecule has 0 spiro atoms. The minimum atomic E-state index is -4.06. The van der Waals surface area contributed by atoms with Crippen molar-refractivity contribution in [3.05, 3.63) is 117 Å². The minimum Gasteiger partial charge on any atom is -0.466 e. The maximum Gasteiger partial charge on any atom is 0.436 e. The number of imide groups is 1. The van der Waals surface area contributed by atoms with Gasteiger partial charge in [0.1, 0.15) is 28.7 Å². The number of fused-ring (bicyclic) bond motifs is 1. The molecule has 3 aromatic carbocycles. The third kappa shape index (κ3) is 15.7. The molecule has 0 saturated carbocycles. The second kappa shape index (κ2) is 21.7. The quantitative estimate of drug-likeness (QED) is 0.0591. The van der Waals surface area contributed by atoms with E-state index in [-0.39, 0.29) is 53.7 Å². The Morgan fingerprint density at radius 1 is 0.797 bits per heavy atom. The molecular formula is C49H58FN5O12S2. The standard InChI is InChI=1S/C49H58FN5O12S2/c1-11-64-40(56)28-36-27-33-29-54(25-24-39(33)68-36)43(58)38(26-30-12-20-35(21-13-30)53-69(62,63)37-22-18-34(50)19-23-37)51-42(57)32-16-14-31(15-17-32)41(52-44(59)65-47(2,3)4)55(45(60)66-48(5,6)7)46(61)67-49(8,9)10/h12-23,27,38,53H,11,24-26,28-29H2,1-10H3,(H,51,57)/t38-/m0/s1. The molecule has 2 N–H and O–H groups in total. The lowest BCUT2D eigenvalue weighted by Gasteiger charge is -2.31. The van der Waals surface area contributed by atoms with E-state index in [1.54, 1.807) is 86.3 Å². The van der Waals surface area contributed by atoms with Gasteiger partial charge in [0.15, 0.2) is 5.84 Å². The summed E-state index contributed by atoms with van der Waals surface area (Å²) in [6, 6.07) is 16.7. The number of halogens is 1. The zero-order valence-electron chi connectivity index (χ0n) is 40.3. The number of anilines is 1. The zero-order chi connectivity index (χ0) is 51.1. The van der Waals surface area contributed by atoms with Gasteiger partial charge < -0.3 is 29.2 Å². The monoisotopic (exact) mass is 991 g/mol. The number of thiophene rings is 1. The Morgan fingerprint density at radius 3 is 1.91 bits per heavy atom. The van der Waals surface area contributed by atoms with Gasteiger partial charge in [0.05, 0.1) is 17.9 Å². The molecule has 0 unspecified atom stereocenters. The lowest BCUT2D eigenvalue weighted by Crippen LogP contribution is -2.50. The van der Waals surface area contributed by atoms with Crippen LogP contribution < -0.4 is 10.0 Å². The van der Waals surface area contributed by atoms with Crippen LogP contribution in [0.5, 0.6) is 0 Å². The number of hydrogen-bond donors (Lipinski definition) is 2. The molecule has 1 aromatic heterocycles. The highest BCUT2D eigenvalue weighted by atomic mass is 32.2. The molecule has 1 aliphatic heterocycles. The number of sulfonamides is 1. The molecule has 2 heterocycles. The molecule has 0 saturated heterocycles. The number of benzene rings is 3. The van der Waals surface area contributed by atoms with E-state index in [0.717, 1.165) is 39.6 Å². The van der Waals surface area contributed by atoms with Crippen LogP contribution in [0.4, 0.5) is 24.5 Å². The second-order valence-corrected chi connectivity index (χ2v) is 21.8. The first-order chi connectivity index (χ1) is 32.1. The van der Waals surface area contributed by atoms with Crippen LogP contribution in [0, 0.1) is 5.82 Å². The van der Waals surface area contributed by atoms with Crippen molar-refractivity contribution < 1.29 is 60.5 Å². The van der Waals surface area contributed by atoms with E-state index >= 15 is 0 Å². The van der Waals surface area contributed by atoms with Crippen LogP contribution in [-0.4, -0.2) is 96.1 Å². The van der Waals surface area contributed by atoms with Gasteiger partial charge in [0.2, 0.25) is 5.91 Å². The number of rotatable bonds is 12. The average Bonchev–Trinajstić information content (AvgIpc) is 3.63. The average molecular weight is 992 g/mol. The fourth-order valence-corrected chi connectivity index (χ4v) is 8.92. The molecule has 370 valence electrons. The first-order valence-electron chi connectivity index (χ1n) is 22.0. The summed E-state index contributed by atoms with van der Waals surface area (Å²) in [5.41, 5.74) is -1.52. The third-order valence-electron chi connectivity index (χ3n) is 9.59. The Morgan fingerprint density at radius 2 is 1.36 bits per heavy atom. The minimum absolute atomic E-state index is 0.0131. The van der Waals surface area contributed by atoms with E-state index < -0.39 is 74.6 Å². The van der Waals surface area contributed by atoms with Crippen molar-refractivity contribution in [1.82, 2.24) is 15.1 Å². The highest BCUT2D eigenvalue weighted by Crippen LogP contribution is 2.30. The van der Waals surface area contributed by atoms with Gasteiger partial charge in [-0.1, -0.05) is 24.3 Å². The highest BCUT2D eigenvalue weighted by molar-refractivity contribution is 7.92. The maximum absolute atomic E-state index is 14.5. The van der Waals surface area contributed by atoms with Crippen LogP contribution >= 0.6 is 11.3 Å². The van der Waals surface area contributed by atoms with Crippen molar-refractivity contribution in [2.45, 2.75) is 123 Å². The first-order valence-corrected chi connectivity index (χ1v) is 24.3. The Balaban J connectivity index is 1.46. The molecule has 0 aliphatic carbocycles. The normalized spacial score (nSPS) is 13.6. The number of carbonyl (C=O) groups is 6. The number of aliphatic imine (C=N–C) groups is 1. The molecule has 0 fully saturated rings. The predicted molar refractivity (Wildman–Crippen MR) is 256 cm³/mol. The highest BCUT2D eigenvalue weighted by Gasteiger charge is 2.37. The van der Waals surface area contributed by atoms with Crippen molar-refractivity contribution in [2.24, 2.45) is 4.99 Å². The summed E-state index contributed by atoms with van der Waals surface area (Å²) < 4.78 is 63.5. The van der Waals surface area contributed by atoms with Crippen molar-refractivity contribution >= 4 is 68.9 Å². The Labute approximate surface area is 405 Å². The van der Waals surface area contributed by atoms with Gasteiger partial charge in [-0.25, -0.2) is 27.2 Å². The lowest BCUT2D eigenvalue weighted by molar-refractivity contribution is -0.142. The zero-order valence-corrected chi connectivity index (χ0v) is 41.9. The van der Waals surface area contributed by atoms with Gasteiger partial charge in [-0.05, 0) is 141 Å². The molecule has 17 nitrogen and oxygen atoms in total. The van der Waals surface area contributed by atoms with Crippen LogP contribution in [-0.2, 0) is 64.4 Å². The fourth-order valence-electron chi connectivity index (χ4n) is 6.71. The van der Waals surface area contributed by atoms with Crippen LogP contribution in [0.3, 0.4) is 0 Å². The third-order valence-corrected chi connectivity index (χ3v) is 12.2. The van der Waals surface area contributed by atoms with Crippen LogP contribution in [0.1, 0.15) is 106 Å². The Hall–Kier alpha value is -6.67. The summed E-state index contributed by atoms with van der Waals surface area (Å²) in [6.45, 7) is 16.8. The van der Waals surface area contributed by atoms with Gasteiger partial charge in [0.25, 0.3) is 15.9 Å². The van der Waals surface area contributed by atoms with Gasteiger partial charge in [-0.3, -0.25) is 19.1 Å². The van der Waals surface area contributed by atoms with E-state index in [2.05, 4.69) is 15.0 Å². The molecule has 0 bridgehead atoms. The van der Waals surface area contributed by atoms with Crippen molar-refractivity contribution in [1.29, 1.82) is 0 Å². The molecule has 0 radical (unpaired) electrons. The van der Waals surface area contributed by atoms with Crippen LogP contribution in [0.2, 0.25) is 0 Å². The molecule has 1 aliphatic rings. The van der Waals surface area contributed by atoms with E-state index in [4.69, 9.17) is 18.9 Å². The smallest absolute Gasteiger partial charge is 0.436 e. The number of hydrogen-bond acceptors (Lipinski definition) is 13. The molecule has 5 rings (SSSR count). The molecule has 5 amide bonds. The largest absolute Gasteiger partial charge is 0.466 e. The summed E-state index contributed by atoms with van der Waals surface area (Å²) in [4.78, 5) is 89.3. The van der Waals surface area contributed by atoms with Gasteiger partial charge in [-0.2, -0.15) is 9.89 Å². The van der Waals surface area contributed by atoms with E-state index in [9.17, 15) is 41.6 Å². The summed E-state index contributed by atoms with van der Waals surface area (Å²) in [5.74, 6) is -2.56. The summed E-state index contributed by atoms with van der Waals surface area (Å²) >= 11 is 1.48. The fraction of sp³-hybridized carbons (Fsp3) is 0.408.